The van der Waals surface area contributed by atoms with Crippen molar-refractivity contribution in [3.05, 3.63) is 0 Å². The molecule has 23 heavy (non-hydrogen) atoms. The van der Waals surface area contributed by atoms with Gasteiger partial charge in [-0.2, -0.15) is 0 Å². The summed E-state index contributed by atoms with van der Waals surface area (Å²) in [7, 11) is -1.70. The van der Waals surface area contributed by atoms with Crippen molar-refractivity contribution in [3.8, 4) is 12.3 Å². The summed E-state index contributed by atoms with van der Waals surface area (Å²) in [5.41, 5.74) is 0.384. The highest BCUT2D eigenvalue weighted by Gasteiger charge is 2.52. The van der Waals surface area contributed by atoms with E-state index < -0.39 is 8.32 Å². The molecule has 0 saturated heterocycles. The first-order chi connectivity index (χ1) is 10.5. The molecule has 2 saturated carbocycles. The number of terminal acetylenes is 1. The average molecular weight is 335 g/mol. The van der Waals surface area contributed by atoms with Gasteiger partial charge >= 0.3 is 0 Å². The van der Waals surface area contributed by atoms with Crippen molar-refractivity contribution in [2.75, 3.05) is 0 Å². The third kappa shape index (κ3) is 3.56. The fraction of sp³-hybridized carbons (Fsp3) is 0.905. The Hall–Kier alpha value is -0.263. The second-order valence-corrected chi connectivity index (χ2v) is 14.7. The summed E-state index contributed by atoms with van der Waals surface area (Å²) in [5.74, 6) is 4.83. The number of fused-ring (bicyclic) bond motifs is 1. The first-order valence-corrected chi connectivity index (χ1v) is 12.6. The van der Waals surface area contributed by atoms with E-state index in [1.165, 1.54) is 38.5 Å². The van der Waals surface area contributed by atoms with E-state index in [4.69, 9.17) is 10.8 Å². The molecule has 0 radical (unpaired) electrons. The lowest BCUT2D eigenvalue weighted by Crippen LogP contribution is -2.54. The maximum atomic E-state index is 6.93. The molecule has 2 aliphatic rings. The van der Waals surface area contributed by atoms with E-state index in [1.54, 1.807) is 0 Å². The highest BCUT2D eigenvalue weighted by atomic mass is 28.4. The van der Waals surface area contributed by atoms with Gasteiger partial charge in [0.15, 0.2) is 8.32 Å². The lowest BCUT2D eigenvalue weighted by atomic mass is 9.52. The molecule has 0 aliphatic heterocycles. The van der Waals surface area contributed by atoms with Gasteiger partial charge < -0.3 is 4.43 Å². The lowest BCUT2D eigenvalue weighted by molar-refractivity contribution is -0.0804. The zero-order chi connectivity index (χ0) is 17.5. The fourth-order valence-corrected chi connectivity index (χ4v) is 6.38. The minimum absolute atomic E-state index is 0.293. The van der Waals surface area contributed by atoms with Crippen molar-refractivity contribution >= 4 is 8.32 Å². The second kappa shape index (κ2) is 6.56. The molecule has 2 heteroatoms. The molecule has 2 rings (SSSR count). The summed E-state index contributed by atoms with van der Waals surface area (Å²) >= 11 is 0. The van der Waals surface area contributed by atoms with Gasteiger partial charge in [0.2, 0.25) is 0 Å². The standard InChI is InChI=1S/C21H38OSi/c1-9-16(2)17-12-10-13-18-19(14-11-15-21(17,18)6)22-23(7,8)20(3,4)5/h1,16-19H,10-15H2,2-8H3/t16-,17-,18+,19+,21-/m1/s1. The molecule has 0 spiro atoms. The highest BCUT2D eigenvalue weighted by molar-refractivity contribution is 6.74. The second-order valence-electron chi connectivity index (χ2n) is 9.91. The van der Waals surface area contributed by atoms with Crippen molar-refractivity contribution in [2.45, 2.75) is 97.4 Å². The summed E-state index contributed by atoms with van der Waals surface area (Å²) < 4.78 is 6.93. The normalized spacial score (nSPS) is 36.9. The quantitative estimate of drug-likeness (QED) is 0.437. The summed E-state index contributed by atoms with van der Waals surface area (Å²) in [6.07, 6.45) is 14.1. The summed E-state index contributed by atoms with van der Waals surface area (Å²) in [6.45, 7) is 16.7. The van der Waals surface area contributed by atoms with E-state index >= 15 is 0 Å². The Kier molecular flexibility index (Phi) is 5.44. The predicted molar refractivity (Wildman–Crippen MR) is 103 cm³/mol. The smallest absolute Gasteiger partial charge is 0.192 e. The van der Waals surface area contributed by atoms with Crippen LogP contribution in [0.1, 0.15) is 73.1 Å². The third-order valence-corrected chi connectivity index (χ3v) is 12.0. The van der Waals surface area contributed by atoms with Crippen LogP contribution in [-0.2, 0) is 4.43 Å². The van der Waals surface area contributed by atoms with Gasteiger partial charge in [-0.3, -0.25) is 0 Å². The summed E-state index contributed by atoms with van der Waals surface area (Å²) in [5, 5.41) is 0.293. The Morgan fingerprint density at radius 3 is 2.39 bits per heavy atom. The minimum atomic E-state index is -1.70. The molecule has 0 aromatic heterocycles. The Labute approximate surface area is 146 Å². The molecule has 0 aromatic rings. The topological polar surface area (TPSA) is 9.23 Å². The van der Waals surface area contributed by atoms with E-state index in [2.05, 4.69) is 53.6 Å². The molecule has 0 N–H and O–H groups in total. The molecule has 0 bridgehead atoms. The van der Waals surface area contributed by atoms with Crippen LogP contribution in [0, 0.1) is 35.5 Å². The maximum absolute atomic E-state index is 6.93. The zero-order valence-corrected chi connectivity index (χ0v) is 17.5. The average Bonchev–Trinajstić information content (AvgIpc) is 2.44. The zero-order valence-electron chi connectivity index (χ0n) is 16.5. The van der Waals surface area contributed by atoms with Crippen LogP contribution >= 0.6 is 0 Å². The van der Waals surface area contributed by atoms with Crippen molar-refractivity contribution < 1.29 is 4.43 Å². The molecule has 2 aliphatic carbocycles. The molecular weight excluding hydrogens is 296 g/mol. The highest BCUT2D eigenvalue weighted by Crippen LogP contribution is 2.57. The van der Waals surface area contributed by atoms with Gasteiger partial charge in [0.1, 0.15) is 0 Å². The van der Waals surface area contributed by atoms with E-state index in [9.17, 15) is 0 Å². The van der Waals surface area contributed by atoms with Crippen molar-refractivity contribution in [3.63, 3.8) is 0 Å². The number of hydrogen-bond acceptors (Lipinski definition) is 1. The van der Waals surface area contributed by atoms with Crippen molar-refractivity contribution in [1.29, 1.82) is 0 Å². The Bertz CT molecular complexity index is 455. The first kappa shape index (κ1) is 19.1. The first-order valence-electron chi connectivity index (χ1n) is 9.67. The maximum Gasteiger partial charge on any atom is 0.192 e. The van der Waals surface area contributed by atoms with Crippen LogP contribution in [0.3, 0.4) is 0 Å². The van der Waals surface area contributed by atoms with Crippen molar-refractivity contribution in [1.82, 2.24) is 0 Å². The van der Waals surface area contributed by atoms with Gasteiger partial charge in [0.05, 0.1) is 0 Å². The van der Waals surface area contributed by atoms with E-state index in [0.717, 1.165) is 0 Å². The molecular formula is C21H38OSi. The van der Waals surface area contributed by atoms with Crippen LogP contribution in [0.4, 0.5) is 0 Å². The fourth-order valence-electron chi connectivity index (χ4n) is 4.99. The molecule has 2 fully saturated rings. The molecule has 0 heterocycles. The van der Waals surface area contributed by atoms with Crippen LogP contribution in [0.15, 0.2) is 0 Å². The number of rotatable bonds is 3. The Balaban J connectivity index is 2.23. The Morgan fingerprint density at radius 1 is 1.17 bits per heavy atom. The largest absolute Gasteiger partial charge is 0.414 e. The van der Waals surface area contributed by atoms with Crippen LogP contribution < -0.4 is 0 Å². The van der Waals surface area contributed by atoms with Crippen LogP contribution in [0.2, 0.25) is 18.1 Å². The monoisotopic (exact) mass is 334 g/mol. The molecule has 5 atom stereocenters. The molecule has 1 nitrogen and oxygen atoms in total. The summed E-state index contributed by atoms with van der Waals surface area (Å²) in [4.78, 5) is 0. The van der Waals surface area contributed by atoms with Crippen molar-refractivity contribution in [2.24, 2.45) is 23.2 Å². The van der Waals surface area contributed by atoms with E-state index in [0.29, 0.717) is 34.3 Å². The minimum Gasteiger partial charge on any atom is -0.414 e. The third-order valence-electron chi connectivity index (χ3n) is 7.50. The van der Waals surface area contributed by atoms with Gasteiger partial charge in [-0.15, -0.1) is 12.3 Å². The van der Waals surface area contributed by atoms with Gasteiger partial charge in [-0.25, -0.2) is 0 Å². The summed E-state index contributed by atoms with van der Waals surface area (Å²) in [6, 6.07) is 0. The molecule has 0 unspecified atom stereocenters. The predicted octanol–water partition coefficient (Wildman–Crippen LogP) is 6.25. The number of hydrogen-bond donors (Lipinski definition) is 0. The van der Waals surface area contributed by atoms with Crippen LogP contribution in [0.5, 0.6) is 0 Å². The van der Waals surface area contributed by atoms with E-state index in [1.807, 2.05) is 0 Å². The van der Waals surface area contributed by atoms with Crippen LogP contribution in [0.25, 0.3) is 0 Å². The van der Waals surface area contributed by atoms with E-state index in [-0.39, 0.29) is 0 Å². The Morgan fingerprint density at radius 2 is 1.83 bits per heavy atom. The molecule has 0 amide bonds. The van der Waals surface area contributed by atoms with Crippen LogP contribution in [-0.4, -0.2) is 14.4 Å². The van der Waals surface area contributed by atoms with Gasteiger partial charge in [-0.05, 0) is 61.1 Å². The van der Waals surface area contributed by atoms with Gasteiger partial charge in [-0.1, -0.05) is 47.5 Å². The SMILES string of the molecule is C#C[C@@H](C)[C@H]1CCC[C@H]2[C@@H](O[Si](C)(C)C(C)(C)C)CCC[C@]12C. The molecule has 0 aromatic carbocycles. The molecule has 132 valence electrons. The van der Waals surface area contributed by atoms with Gasteiger partial charge in [0, 0.05) is 12.0 Å². The lowest BCUT2D eigenvalue weighted by Gasteiger charge is -2.56. The van der Waals surface area contributed by atoms with Gasteiger partial charge in [0.25, 0.3) is 0 Å².